The molecule has 6 rings (SSSR count). The zero-order valence-corrected chi connectivity index (χ0v) is 21.6. The van der Waals surface area contributed by atoms with Gasteiger partial charge in [-0.1, -0.05) is 59.3 Å². The lowest BCUT2D eigenvalue weighted by atomic mass is 10.0. The van der Waals surface area contributed by atoms with Gasteiger partial charge in [-0.2, -0.15) is 9.90 Å². The minimum Gasteiger partial charge on any atom is -0.347 e. The molecule has 198 valence electrons. The predicted octanol–water partition coefficient (Wildman–Crippen LogP) is 2.80. The molecule has 0 saturated heterocycles. The van der Waals surface area contributed by atoms with Crippen molar-refractivity contribution in [1.29, 1.82) is 0 Å². The van der Waals surface area contributed by atoms with Crippen molar-refractivity contribution in [2.75, 3.05) is 0 Å². The van der Waals surface area contributed by atoms with Crippen molar-refractivity contribution in [2.45, 2.75) is 19.0 Å². The van der Waals surface area contributed by atoms with Crippen molar-refractivity contribution < 1.29 is 4.79 Å². The summed E-state index contributed by atoms with van der Waals surface area (Å²) in [5, 5.41) is 37.8. The van der Waals surface area contributed by atoms with Crippen LogP contribution in [0.3, 0.4) is 0 Å². The number of aromatic nitrogens is 11. The number of aromatic amines is 1. The molecule has 6 aromatic rings. The van der Waals surface area contributed by atoms with E-state index in [1.54, 1.807) is 41.1 Å². The molecule has 0 aliphatic carbocycles. The Morgan fingerprint density at radius 2 is 1.85 bits per heavy atom. The average Bonchev–Trinajstić information content (AvgIpc) is 3.77. The van der Waals surface area contributed by atoms with Crippen molar-refractivity contribution in [3.05, 3.63) is 101 Å². The molecule has 3 aromatic carbocycles. The van der Waals surface area contributed by atoms with Crippen LogP contribution in [0.15, 0.2) is 85.3 Å². The smallest absolute Gasteiger partial charge is 0.251 e. The van der Waals surface area contributed by atoms with Crippen molar-refractivity contribution in [3.63, 3.8) is 0 Å². The molecule has 0 aliphatic heterocycles. The number of nitrogens with one attached hydrogen (secondary N) is 2. The average molecular weight is 553 g/mol. The van der Waals surface area contributed by atoms with Gasteiger partial charge in [-0.05, 0) is 58.0 Å². The minimum absolute atomic E-state index is 0.211. The van der Waals surface area contributed by atoms with Gasteiger partial charge in [0.2, 0.25) is 5.82 Å². The van der Waals surface area contributed by atoms with E-state index in [9.17, 15) is 4.79 Å². The van der Waals surface area contributed by atoms with Crippen LogP contribution in [-0.4, -0.2) is 67.8 Å². The fourth-order valence-electron chi connectivity index (χ4n) is 4.31. The Morgan fingerprint density at radius 3 is 2.60 bits per heavy atom. The molecule has 13 nitrogen and oxygen atoms in total. The van der Waals surface area contributed by atoms with Crippen LogP contribution in [0.2, 0.25) is 5.02 Å². The van der Waals surface area contributed by atoms with Gasteiger partial charge in [0, 0.05) is 21.7 Å². The molecule has 3 aromatic heterocycles. The lowest BCUT2D eigenvalue weighted by Gasteiger charge is -2.19. The molecule has 2 N–H and O–H groups in total. The summed E-state index contributed by atoms with van der Waals surface area (Å²) in [6.45, 7) is 0.384. The quantitative estimate of drug-likeness (QED) is 0.275. The van der Waals surface area contributed by atoms with Crippen molar-refractivity contribution in [2.24, 2.45) is 0 Å². The Bertz CT molecular complexity index is 1700. The van der Waals surface area contributed by atoms with Crippen LogP contribution in [-0.2, 0) is 13.0 Å². The van der Waals surface area contributed by atoms with Gasteiger partial charge in [0.05, 0.1) is 24.5 Å². The van der Waals surface area contributed by atoms with Gasteiger partial charge < -0.3 is 5.32 Å². The lowest BCUT2D eigenvalue weighted by Crippen LogP contribution is -2.39. The number of halogens is 1. The zero-order valence-electron chi connectivity index (χ0n) is 20.8. The van der Waals surface area contributed by atoms with E-state index in [0.717, 1.165) is 16.7 Å². The van der Waals surface area contributed by atoms with E-state index >= 15 is 0 Å². The fraction of sp³-hybridized carbons (Fsp3) is 0.115. The summed E-state index contributed by atoms with van der Waals surface area (Å²) >= 11 is 6.29. The monoisotopic (exact) mass is 552 g/mol. The van der Waals surface area contributed by atoms with E-state index in [2.05, 4.69) is 51.8 Å². The van der Waals surface area contributed by atoms with E-state index in [0.29, 0.717) is 40.8 Å². The summed E-state index contributed by atoms with van der Waals surface area (Å²) < 4.78 is 3.24. The number of H-pyrrole nitrogens is 1. The molecule has 0 aliphatic rings. The molecule has 0 radical (unpaired) electrons. The predicted molar refractivity (Wildman–Crippen MR) is 144 cm³/mol. The zero-order chi connectivity index (χ0) is 27.3. The Labute approximate surface area is 232 Å². The highest BCUT2D eigenvalue weighted by molar-refractivity contribution is 6.31. The number of hydrogen-bond donors (Lipinski definition) is 2. The van der Waals surface area contributed by atoms with Crippen LogP contribution >= 0.6 is 11.6 Å². The van der Waals surface area contributed by atoms with Crippen LogP contribution in [0.4, 0.5) is 0 Å². The first kappa shape index (κ1) is 25.0. The molecule has 1 atom stereocenters. The topological polar surface area (TPSA) is 158 Å². The number of amides is 1. The largest absolute Gasteiger partial charge is 0.347 e. The molecule has 0 spiro atoms. The number of rotatable bonds is 9. The lowest BCUT2D eigenvalue weighted by molar-refractivity contribution is 0.0932. The number of carbonyl (C=O) groups excluding carboxylic acids is 1. The van der Waals surface area contributed by atoms with Crippen LogP contribution in [0, 0.1) is 0 Å². The van der Waals surface area contributed by atoms with Gasteiger partial charge in [0.25, 0.3) is 5.91 Å². The second kappa shape index (κ2) is 11.2. The van der Waals surface area contributed by atoms with E-state index < -0.39 is 0 Å². The molecule has 1 amide bonds. The molecule has 0 bridgehead atoms. The van der Waals surface area contributed by atoms with E-state index in [4.69, 9.17) is 11.6 Å². The maximum absolute atomic E-state index is 13.2. The first-order valence-corrected chi connectivity index (χ1v) is 12.6. The van der Waals surface area contributed by atoms with Crippen molar-refractivity contribution >= 4 is 17.5 Å². The summed E-state index contributed by atoms with van der Waals surface area (Å²) in [6.07, 6.45) is 3.90. The minimum atomic E-state index is -0.278. The highest BCUT2D eigenvalue weighted by Crippen LogP contribution is 2.27. The summed E-state index contributed by atoms with van der Waals surface area (Å²) in [4.78, 5) is 13.2. The Morgan fingerprint density at radius 1 is 1.00 bits per heavy atom. The van der Waals surface area contributed by atoms with Crippen LogP contribution < -0.4 is 5.32 Å². The molecular weight excluding hydrogens is 532 g/mol. The standard InChI is InChI=1S/C26H21ClN12O/c27-20-10-11-24(39-16-28-33-37-39)22(13-20)23-15-38(36-30-23)14-21(12-17-4-2-1-3-5-17)29-26(40)19-8-6-18(7-9-19)25-31-34-35-32-25/h1-11,13,15-16,21H,12,14H2,(H,29,40)(H,31,32,34,35). The SMILES string of the molecule is O=C(NC(Cc1ccccc1)Cn1cc(-c2cc(Cl)ccc2-n2cnnn2)nn1)c1ccc(-c2nn[nH]n2)cc1. The Balaban J connectivity index is 1.23. The second-order valence-corrected chi connectivity index (χ2v) is 9.35. The third-order valence-electron chi connectivity index (χ3n) is 6.19. The highest BCUT2D eigenvalue weighted by atomic mass is 35.5. The van der Waals surface area contributed by atoms with Crippen molar-refractivity contribution in [1.82, 2.24) is 61.1 Å². The number of carbonyl (C=O) groups is 1. The second-order valence-electron chi connectivity index (χ2n) is 8.91. The van der Waals surface area contributed by atoms with E-state index in [-0.39, 0.29) is 11.9 Å². The van der Waals surface area contributed by atoms with Gasteiger partial charge in [-0.3, -0.25) is 4.79 Å². The number of hydrogen-bond acceptors (Lipinski definition) is 9. The number of nitrogens with zero attached hydrogens (tertiary/aromatic N) is 10. The molecule has 3 heterocycles. The molecule has 14 heteroatoms. The van der Waals surface area contributed by atoms with Crippen LogP contribution in [0.5, 0.6) is 0 Å². The van der Waals surface area contributed by atoms with Gasteiger partial charge >= 0.3 is 0 Å². The first-order valence-electron chi connectivity index (χ1n) is 12.2. The van der Waals surface area contributed by atoms with Gasteiger partial charge in [0.15, 0.2) is 0 Å². The van der Waals surface area contributed by atoms with Crippen LogP contribution in [0.25, 0.3) is 28.3 Å². The Hall–Kier alpha value is -5.30. The Kier molecular flexibility index (Phi) is 7.01. The number of tetrazole rings is 2. The summed E-state index contributed by atoms with van der Waals surface area (Å²) in [7, 11) is 0. The summed E-state index contributed by atoms with van der Waals surface area (Å²) in [6, 6.07) is 22.0. The highest BCUT2D eigenvalue weighted by Gasteiger charge is 2.18. The van der Waals surface area contributed by atoms with Gasteiger partial charge in [0.1, 0.15) is 12.0 Å². The third-order valence-corrected chi connectivity index (χ3v) is 6.42. The molecule has 0 fully saturated rings. The summed E-state index contributed by atoms with van der Waals surface area (Å²) in [5.74, 6) is 0.246. The van der Waals surface area contributed by atoms with Crippen LogP contribution in [0.1, 0.15) is 15.9 Å². The third kappa shape index (κ3) is 5.59. The molecule has 40 heavy (non-hydrogen) atoms. The maximum atomic E-state index is 13.2. The maximum Gasteiger partial charge on any atom is 0.251 e. The van der Waals surface area contributed by atoms with E-state index in [1.807, 2.05) is 42.6 Å². The fourth-order valence-corrected chi connectivity index (χ4v) is 4.48. The molecule has 1 unspecified atom stereocenters. The van der Waals surface area contributed by atoms with Gasteiger partial charge in [-0.15, -0.1) is 20.4 Å². The normalized spacial score (nSPS) is 11.8. The first-order chi connectivity index (χ1) is 19.6. The molecule has 0 saturated carbocycles. The van der Waals surface area contributed by atoms with E-state index in [1.165, 1.54) is 11.0 Å². The van der Waals surface area contributed by atoms with Crippen molar-refractivity contribution in [3.8, 4) is 28.3 Å². The van der Waals surface area contributed by atoms with Gasteiger partial charge in [-0.25, -0.2) is 4.68 Å². The number of benzene rings is 3. The molecular formula is C26H21ClN12O. The summed E-state index contributed by atoms with van der Waals surface area (Å²) in [5.41, 5.74) is 4.36.